The molecule has 1 spiro atoms. The van der Waals surface area contributed by atoms with Crippen molar-refractivity contribution in [2.75, 3.05) is 5.32 Å². The molecule has 2 amide bonds. The van der Waals surface area contributed by atoms with Crippen molar-refractivity contribution in [2.24, 2.45) is 5.92 Å². The van der Waals surface area contributed by atoms with Gasteiger partial charge in [-0.1, -0.05) is 41.4 Å². The minimum Gasteiger partial charge on any atom is -0.490 e. The minimum atomic E-state index is -1.19. The van der Waals surface area contributed by atoms with Crippen molar-refractivity contribution in [2.45, 2.75) is 62.5 Å². The van der Waals surface area contributed by atoms with E-state index in [2.05, 4.69) is 33.2 Å². The first kappa shape index (κ1) is 28.5. The number of benzene rings is 3. The van der Waals surface area contributed by atoms with Gasteiger partial charge in [0, 0.05) is 43.1 Å². The first-order chi connectivity index (χ1) is 19.7. The molecule has 3 aromatic carbocycles. The molecule has 0 radical (unpaired) electrons. The zero-order chi connectivity index (χ0) is 28.9. The van der Waals surface area contributed by atoms with Gasteiger partial charge in [0.05, 0.1) is 12.1 Å². The van der Waals surface area contributed by atoms with E-state index in [-0.39, 0.29) is 36.0 Å². The van der Waals surface area contributed by atoms with Crippen molar-refractivity contribution in [3.05, 3.63) is 91.0 Å². The Kier molecular flexibility index (Phi) is 7.80. The Morgan fingerprint density at radius 2 is 1.73 bits per heavy atom. The van der Waals surface area contributed by atoms with Crippen LogP contribution in [-0.4, -0.2) is 23.7 Å². The van der Waals surface area contributed by atoms with E-state index in [4.69, 9.17) is 27.9 Å². The second-order valence-electron chi connectivity index (χ2n) is 11.2. The summed E-state index contributed by atoms with van der Waals surface area (Å²) >= 11 is 15.0. The van der Waals surface area contributed by atoms with E-state index in [0.717, 1.165) is 45.9 Å². The van der Waals surface area contributed by atoms with Crippen LogP contribution in [0, 0.1) is 9.49 Å². The van der Waals surface area contributed by atoms with Gasteiger partial charge < -0.3 is 15.4 Å². The standard InChI is InChI=1S/C32H29Cl2IN2O4/c1-17(38)18-5-9-23(10-6-18)41-28-12-8-22(35)15-24(28)30-32(25-11-7-21(34)14-27(25)36-31(32)40)26(16-29(39)37-30)19-3-2-4-20(33)13-19/h2-4,7-8,11-15,18,23,26,30H,5-6,9-10,16H2,1H3,(H,36,40)(H,37,39)/t18?,23?,26-,30+,32-/m0/s1. The van der Waals surface area contributed by atoms with Crippen LogP contribution in [0.25, 0.3) is 0 Å². The van der Waals surface area contributed by atoms with Gasteiger partial charge in [0.1, 0.15) is 16.9 Å². The van der Waals surface area contributed by atoms with Gasteiger partial charge in [0.2, 0.25) is 11.8 Å². The van der Waals surface area contributed by atoms with Gasteiger partial charge in [-0.25, -0.2) is 0 Å². The summed E-state index contributed by atoms with van der Waals surface area (Å²) in [5, 5.41) is 7.32. The molecule has 0 aromatic heterocycles. The van der Waals surface area contributed by atoms with E-state index in [9.17, 15) is 14.4 Å². The maximum atomic E-state index is 14.4. The summed E-state index contributed by atoms with van der Waals surface area (Å²) in [6, 6.07) is 18.0. The monoisotopic (exact) mass is 702 g/mol. The molecule has 6 rings (SSSR count). The first-order valence-corrected chi connectivity index (χ1v) is 15.6. The average molecular weight is 703 g/mol. The third-order valence-corrected chi connectivity index (χ3v) is 9.97. The molecule has 41 heavy (non-hydrogen) atoms. The van der Waals surface area contributed by atoms with E-state index in [1.165, 1.54) is 0 Å². The normalized spacial score (nSPS) is 27.2. The highest BCUT2D eigenvalue weighted by atomic mass is 127. The molecule has 2 aliphatic heterocycles. The largest absolute Gasteiger partial charge is 0.490 e. The molecule has 2 heterocycles. The summed E-state index contributed by atoms with van der Waals surface area (Å²) in [6.07, 6.45) is 3.16. The molecule has 6 nitrogen and oxygen atoms in total. The lowest BCUT2D eigenvalue weighted by atomic mass is 9.59. The minimum absolute atomic E-state index is 0.0631. The fourth-order valence-electron chi connectivity index (χ4n) is 6.89. The number of nitrogens with one attached hydrogen (secondary N) is 2. The average Bonchev–Trinajstić information content (AvgIpc) is 3.22. The molecule has 3 aliphatic rings. The topological polar surface area (TPSA) is 84.5 Å². The predicted molar refractivity (Wildman–Crippen MR) is 168 cm³/mol. The number of hydrogen-bond acceptors (Lipinski definition) is 4. The zero-order valence-electron chi connectivity index (χ0n) is 22.4. The Morgan fingerprint density at radius 3 is 2.46 bits per heavy atom. The van der Waals surface area contributed by atoms with E-state index < -0.39 is 17.4 Å². The third kappa shape index (κ3) is 5.14. The van der Waals surface area contributed by atoms with E-state index in [1.54, 1.807) is 25.1 Å². The number of halogens is 3. The summed E-state index contributed by atoms with van der Waals surface area (Å²) < 4.78 is 7.58. The molecule has 212 valence electrons. The zero-order valence-corrected chi connectivity index (χ0v) is 26.1. The number of ketones is 1. The fourth-order valence-corrected chi connectivity index (χ4v) is 7.77. The Hall–Kier alpha value is -2.62. The predicted octanol–water partition coefficient (Wildman–Crippen LogP) is 7.36. The van der Waals surface area contributed by atoms with Crippen LogP contribution in [-0.2, 0) is 19.8 Å². The quantitative estimate of drug-likeness (QED) is 0.272. The van der Waals surface area contributed by atoms with Crippen molar-refractivity contribution in [3.8, 4) is 5.75 Å². The molecule has 3 atom stereocenters. The smallest absolute Gasteiger partial charge is 0.238 e. The molecular formula is C32H29Cl2IN2O4. The Balaban J connectivity index is 1.50. The molecule has 0 bridgehead atoms. The van der Waals surface area contributed by atoms with Crippen LogP contribution in [0.1, 0.15) is 67.7 Å². The van der Waals surface area contributed by atoms with Gasteiger partial charge in [-0.05, 0) is 109 Å². The molecular weight excluding hydrogens is 674 g/mol. The van der Waals surface area contributed by atoms with Crippen LogP contribution < -0.4 is 15.4 Å². The molecule has 1 saturated carbocycles. The van der Waals surface area contributed by atoms with Gasteiger partial charge in [-0.2, -0.15) is 0 Å². The molecule has 9 heteroatoms. The lowest BCUT2D eigenvalue weighted by Gasteiger charge is -2.47. The molecule has 2 N–H and O–H groups in total. The number of ether oxygens (including phenoxy) is 1. The lowest BCUT2D eigenvalue weighted by molar-refractivity contribution is -0.131. The Morgan fingerprint density at radius 1 is 0.976 bits per heavy atom. The van der Waals surface area contributed by atoms with E-state index >= 15 is 0 Å². The number of amides is 2. The lowest BCUT2D eigenvalue weighted by Crippen LogP contribution is -2.57. The number of Topliss-reactive ketones (excluding diaryl/α,β-unsaturated/α-hetero) is 1. The third-order valence-electron chi connectivity index (χ3n) is 8.83. The van der Waals surface area contributed by atoms with Crippen molar-refractivity contribution in [3.63, 3.8) is 0 Å². The highest BCUT2D eigenvalue weighted by Crippen LogP contribution is 2.58. The Labute approximate surface area is 262 Å². The maximum Gasteiger partial charge on any atom is 0.238 e. The number of rotatable bonds is 5. The Bertz CT molecular complexity index is 1550. The number of hydrogen-bond donors (Lipinski definition) is 2. The maximum absolute atomic E-state index is 14.4. The van der Waals surface area contributed by atoms with Gasteiger partial charge in [0.15, 0.2) is 0 Å². The molecule has 1 aliphatic carbocycles. The van der Waals surface area contributed by atoms with Gasteiger partial charge in [0.25, 0.3) is 0 Å². The molecule has 0 unspecified atom stereocenters. The molecule has 2 fully saturated rings. The van der Waals surface area contributed by atoms with E-state index in [1.807, 2.05) is 42.5 Å². The number of carbonyl (C=O) groups excluding carboxylic acids is 3. The van der Waals surface area contributed by atoms with Crippen LogP contribution in [0.2, 0.25) is 10.0 Å². The van der Waals surface area contributed by atoms with Crippen LogP contribution in [0.4, 0.5) is 5.69 Å². The van der Waals surface area contributed by atoms with Crippen LogP contribution in [0.5, 0.6) is 5.75 Å². The summed E-state index contributed by atoms with van der Waals surface area (Å²) in [5.74, 6) is 0.0609. The van der Waals surface area contributed by atoms with Gasteiger partial charge >= 0.3 is 0 Å². The molecule has 1 saturated heterocycles. The van der Waals surface area contributed by atoms with Crippen LogP contribution in [0.15, 0.2) is 60.7 Å². The summed E-state index contributed by atoms with van der Waals surface area (Å²) in [6.45, 7) is 1.66. The van der Waals surface area contributed by atoms with Crippen LogP contribution in [0.3, 0.4) is 0 Å². The number of piperidine rings is 1. The van der Waals surface area contributed by atoms with Crippen molar-refractivity contribution in [1.29, 1.82) is 0 Å². The van der Waals surface area contributed by atoms with Gasteiger partial charge in [-0.15, -0.1) is 0 Å². The summed E-state index contributed by atoms with van der Waals surface area (Å²) in [5.41, 5.74) is 1.77. The summed E-state index contributed by atoms with van der Waals surface area (Å²) in [4.78, 5) is 39.7. The SMILES string of the molecule is CC(=O)C1CCC(Oc2ccc(I)cc2[C@H]2NC(=O)C[C@@H](c3cccc(Cl)c3)[C@]23C(=O)Nc2cc(Cl)ccc23)CC1. The second-order valence-corrected chi connectivity index (χ2v) is 13.3. The number of anilines is 1. The highest BCUT2D eigenvalue weighted by molar-refractivity contribution is 14.1. The van der Waals surface area contributed by atoms with Crippen molar-refractivity contribution < 1.29 is 19.1 Å². The summed E-state index contributed by atoms with van der Waals surface area (Å²) in [7, 11) is 0. The van der Waals surface area contributed by atoms with Crippen LogP contribution >= 0.6 is 45.8 Å². The second kappa shape index (κ2) is 11.2. The number of fused-ring (bicyclic) bond motifs is 2. The first-order valence-electron chi connectivity index (χ1n) is 13.8. The molecule has 3 aromatic rings. The fraction of sp³-hybridized carbons (Fsp3) is 0.344. The number of carbonyl (C=O) groups is 3. The highest BCUT2D eigenvalue weighted by Gasteiger charge is 2.61. The van der Waals surface area contributed by atoms with Crippen molar-refractivity contribution in [1.82, 2.24) is 5.32 Å². The van der Waals surface area contributed by atoms with Gasteiger partial charge in [-0.3, -0.25) is 14.4 Å². The van der Waals surface area contributed by atoms with E-state index in [0.29, 0.717) is 21.5 Å². The van der Waals surface area contributed by atoms with Crippen molar-refractivity contribution >= 4 is 69.1 Å².